The van der Waals surface area contributed by atoms with Gasteiger partial charge in [-0.05, 0) is 32.7 Å². The van der Waals surface area contributed by atoms with Crippen molar-refractivity contribution in [2.45, 2.75) is 32.7 Å². The zero-order chi connectivity index (χ0) is 17.7. The van der Waals surface area contributed by atoms with Gasteiger partial charge < -0.3 is 16.8 Å². The minimum absolute atomic E-state index is 1.63. The highest BCUT2D eigenvalue weighted by Crippen LogP contribution is 2.26. The van der Waals surface area contributed by atoms with E-state index in [1.165, 1.54) is 0 Å². The van der Waals surface area contributed by atoms with E-state index >= 15 is 0 Å². The molecule has 0 radical (unpaired) electrons. The van der Waals surface area contributed by atoms with Gasteiger partial charge in [-0.2, -0.15) is 0 Å². The number of rotatable bonds is 11. The predicted molar refractivity (Wildman–Crippen MR) is 103 cm³/mol. The van der Waals surface area contributed by atoms with Crippen molar-refractivity contribution in [1.82, 2.24) is 0 Å². The van der Waals surface area contributed by atoms with Crippen molar-refractivity contribution in [2.75, 3.05) is 7.11 Å². The van der Waals surface area contributed by atoms with E-state index in [2.05, 4.69) is 39.4 Å². The lowest BCUT2D eigenvalue weighted by molar-refractivity contribution is 0.276. The Labute approximate surface area is 140 Å². The molecule has 0 N–H and O–H groups in total. The van der Waals surface area contributed by atoms with Crippen LogP contribution < -0.4 is 0 Å². The Balaban J connectivity index is 5.39. The smallest absolute Gasteiger partial charge is 0.352 e. The molecular weight excluding hydrogens is 344 g/mol. The van der Waals surface area contributed by atoms with E-state index in [1.54, 1.807) is 24.2 Å². The van der Waals surface area contributed by atoms with Gasteiger partial charge in [-0.3, -0.25) is 0 Å². The fourth-order valence-electron chi connectivity index (χ4n) is 1.74. The van der Waals surface area contributed by atoms with Gasteiger partial charge in [0.25, 0.3) is 0 Å². The molecule has 22 heavy (non-hydrogen) atoms. The molecule has 0 saturated carbocycles. The fraction of sp³-hybridized carbons (Fsp3) is 0.429. The van der Waals surface area contributed by atoms with Gasteiger partial charge in [0, 0.05) is 7.11 Å². The summed E-state index contributed by atoms with van der Waals surface area (Å²) in [6.07, 6.45) is 0. The Morgan fingerprint density at radius 2 is 0.955 bits per heavy atom. The van der Waals surface area contributed by atoms with Crippen LogP contribution in [0.15, 0.2) is 49.1 Å². The molecule has 0 amide bonds. The van der Waals surface area contributed by atoms with Gasteiger partial charge in [0.05, 0.1) is 0 Å². The maximum absolute atomic E-state index is 6.35. The van der Waals surface area contributed by atoms with Gasteiger partial charge in [0.15, 0.2) is 8.32 Å². The molecule has 0 fully saturated rings. The quantitative estimate of drug-likeness (QED) is 0.512. The zero-order valence-electron chi connectivity index (χ0n) is 14.8. The van der Waals surface area contributed by atoms with Crippen molar-refractivity contribution in [3.63, 3.8) is 0 Å². The van der Waals surface area contributed by atoms with Crippen LogP contribution >= 0.6 is 0 Å². The predicted octanol–water partition coefficient (Wildman–Crippen LogP) is 4.00. The maximum atomic E-state index is 6.35. The third-order valence-corrected chi connectivity index (χ3v) is 17.5. The van der Waals surface area contributed by atoms with Crippen molar-refractivity contribution in [1.29, 1.82) is 0 Å². The van der Waals surface area contributed by atoms with E-state index in [0.717, 1.165) is 0 Å². The lowest BCUT2D eigenvalue weighted by atomic mass is 11.3. The summed E-state index contributed by atoms with van der Waals surface area (Å²) in [5.41, 5.74) is 7.15. The molecule has 8 heteroatoms. The molecular formula is C14H30O4Si4. The lowest BCUT2D eigenvalue weighted by Crippen LogP contribution is -2.58. The molecule has 0 spiro atoms. The van der Waals surface area contributed by atoms with Gasteiger partial charge >= 0.3 is 25.7 Å². The molecule has 0 bridgehead atoms. The van der Waals surface area contributed by atoms with Crippen LogP contribution in [0.5, 0.6) is 0 Å². The topological polar surface area (TPSA) is 36.9 Å². The highest BCUT2D eigenvalue weighted by Gasteiger charge is 2.46. The van der Waals surface area contributed by atoms with Crippen molar-refractivity contribution < 1.29 is 16.8 Å². The summed E-state index contributed by atoms with van der Waals surface area (Å²) in [6.45, 7) is 25.4. The molecule has 0 rings (SSSR count). The number of hydrogen-bond acceptors (Lipinski definition) is 4. The van der Waals surface area contributed by atoms with Crippen LogP contribution in [0.2, 0.25) is 32.7 Å². The Bertz CT molecular complexity index is 443. The van der Waals surface area contributed by atoms with E-state index in [4.69, 9.17) is 16.8 Å². The molecule has 0 aromatic heterocycles. The zero-order valence-corrected chi connectivity index (χ0v) is 18.8. The standard InChI is InChI=1S/C14H30O4Si4/c1-11-19(6,7)16-21(9,13-3)18-22(10,14-4)17-20(8,12-2)15-5/h11-14H,1-4H2,5-10H3. The van der Waals surface area contributed by atoms with Crippen molar-refractivity contribution >= 4 is 34.0 Å². The molecule has 3 unspecified atom stereocenters. The molecule has 0 heterocycles. The minimum atomic E-state index is -2.69. The first-order valence-corrected chi connectivity index (χ1v) is 17.3. The van der Waals surface area contributed by atoms with E-state index in [-0.39, 0.29) is 0 Å². The molecule has 0 aliphatic carbocycles. The molecule has 0 aromatic rings. The summed E-state index contributed by atoms with van der Waals surface area (Å²) in [6, 6.07) is 0. The van der Waals surface area contributed by atoms with Crippen molar-refractivity contribution in [3.05, 3.63) is 49.1 Å². The molecule has 4 nitrogen and oxygen atoms in total. The monoisotopic (exact) mass is 374 g/mol. The first-order valence-electron chi connectivity index (χ1n) is 7.12. The average molecular weight is 375 g/mol. The molecule has 0 aliphatic rings. The van der Waals surface area contributed by atoms with Gasteiger partial charge in [0.2, 0.25) is 0 Å². The van der Waals surface area contributed by atoms with Gasteiger partial charge in [-0.1, -0.05) is 22.8 Å². The van der Waals surface area contributed by atoms with Crippen LogP contribution in [-0.2, 0) is 16.8 Å². The summed E-state index contributed by atoms with van der Waals surface area (Å²) in [4.78, 5) is 0. The van der Waals surface area contributed by atoms with Crippen molar-refractivity contribution in [3.8, 4) is 0 Å². The average Bonchev–Trinajstić information content (AvgIpc) is 2.46. The van der Waals surface area contributed by atoms with Gasteiger partial charge in [-0.25, -0.2) is 0 Å². The first kappa shape index (κ1) is 21.7. The number of hydrogen-bond donors (Lipinski definition) is 0. The normalized spacial score (nSPS) is 20.1. The van der Waals surface area contributed by atoms with Gasteiger partial charge in [0.1, 0.15) is 0 Å². The van der Waals surface area contributed by atoms with Crippen LogP contribution in [0, 0.1) is 0 Å². The summed E-state index contributed by atoms with van der Waals surface area (Å²) >= 11 is 0. The van der Waals surface area contributed by atoms with Crippen LogP contribution in [0.25, 0.3) is 0 Å². The van der Waals surface area contributed by atoms with Crippen LogP contribution in [0.4, 0.5) is 0 Å². The third kappa shape index (κ3) is 6.42. The Hall–Kier alpha value is -0.332. The minimum Gasteiger partial charge on any atom is -0.430 e. The van der Waals surface area contributed by atoms with Crippen LogP contribution in [0.3, 0.4) is 0 Å². The SMILES string of the molecule is C=C[Si](C)(C)O[Si](C)(C=C)O[Si](C)(C=C)O[Si](C)(C=C)OC. The first-order chi connectivity index (χ1) is 9.92. The van der Waals surface area contributed by atoms with E-state index in [0.29, 0.717) is 0 Å². The summed E-state index contributed by atoms with van der Waals surface area (Å²) in [5.74, 6) is 0. The second kappa shape index (κ2) is 7.97. The fourth-order valence-corrected chi connectivity index (χ4v) is 15.9. The molecule has 0 saturated heterocycles. The summed E-state index contributed by atoms with van der Waals surface area (Å²) in [5, 5.41) is 0. The largest absolute Gasteiger partial charge is 0.430 e. The van der Waals surface area contributed by atoms with Gasteiger partial charge in [-0.15, -0.1) is 26.3 Å². The van der Waals surface area contributed by atoms with Crippen molar-refractivity contribution in [2.24, 2.45) is 0 Å². The van der Waals surface area contributed by atoms with E-state index < -0.39 is 34.0 Å². The Morgan fingerprint density at radius 3 is 1.27 bits per heavy atom. The maximum Gasteiger partial charge on any atom is 0.352 e. The molecule has 0 aromatic carbocycles. The second-order valence-corrected chi connectivity index (χ2v) is 19.8. The highest BCUT2D eigenvalue weighted by atomic mass is 28.5. The Kier molecular flexibility index (Phi) is 7.85. The van der Waals surface area contributed by atoms with E-state index in [1.807, 2.05) is 25.3 Å². The molecule has 0 aliphatic heterocycles. The van der Waals surface area contributed by atoms with Crippen LogP contribution in [-0.4, -0.2) is 41.1 Å². The Morgan fingerprint density at radius 1 is 0.591 bits per heavy atom. The summed E-state index contributed by atoms with van der Waals surface area (Å²) in [7, 11) is -8.15. The molecule has 126 valence electrons. The lowest BCUT2D eigenvalue weighted by Gasteiger charge is -2.40. The second-order valence-electron chi connectivity index (χ2n) is 5.98. The van der Waals surface area contributed by atoms with Crippen LogP contribution in [0.1, 0.15) is 0 Å². The molecule has 3 atom stereocenters. The third-order valence-electron chi connectivity index (χ3n) is 3.29. The van der Waals surface area contributed by atoms with E-state index in [9.17, 15) is 0 Å². The summed E-state index contributed by atoms with van der Waals surface area (Å²) < 4.78 is 24.3. The highest BCUT2D eigenvalue weighted by molar-refractivity contribution is 6.94.